The fourth-order valence-corrected chi connectivity index (χ4v) is 4.22. The topological polar surface area (TPSA) is 63.2 Å². The SMILES string of the molecule is C=C[C@@H](OCOCCOC)[C@](C)(/C=C/[C@H]1CC=CC(=O)O1)O[Si](C)(C)C(C)(C)C. The standard InChI is InChI=1S/C22H38O6Si/c1-9-19(26-17-25-16-15-24-6)22(5,28-29(7,8)21(2,3)4)14-13-18-11-10-12-20(23)27-18/h9-10,12-14,18-19H,1,11,15-17H2,2-8H3/b14-13+/t18-,19-,22+/m1/s1. The van der Waals surface area contributed by atoms with Gasteiger partial charge in [-0.15, -0.1) is 6.58 Å². The quantitative estimate of drug-likeness (QED) is 0.152. The molecule has 0 N–H and O–H groups in total. The summed E-state index contributed by atoms with van der Waals surface area (Å²) in [6.45, 7) is 17.9. The summed E-state index contributed by atoms with van der Waals surface area (Å²) in [7, 11) is -0.517. The number of hydrogen-bond donors (Lipinski definition) is 0. The Balaban J connectivity index is 3.03. The van der Waals surface area contributed by atoms with E-state index in [2.05, 4.69) is 40.4 Å². The number of carbonyl (C=O) groups is 1. The molecule has 0 bridgehead atoms. The fraction of sp³-hybridized carbons (Fsp3) is 0.682. The first-order valence-corrected chi connectivity index (χ1v) is 12.9. The molecule has 0 fully saturated rings. The van der Waals surface area contributed by atoms with Gasteiger partial charge in [-0.05, 0) is 31.1 Å². The van der Waals surface area contributed by atoms with Crippen molar-refractivity contribution in [2.45, 2.75) is 70.1 Å². The van der Waals surface area contributed by atoms with Gasteiger partial charge in [0, 0.05) is 19.6 Å². The molecule has 0 radical (unpaired) electrons. The third-order valence-electron chi connectivity index (χ3n) is 5.35. The summed E-state index contributed by atoms with van der Waals surface area (Å²) in [6.07, 6.45) is 8.68. The molecule has 1 rings (SSSR count). The summed E-state index contributed by atoms with van der Waals surface area (Å²) in [6, 6.07) is 0. The number of rotatable bonds is 12. The van der Waals surface area contributed by atoms with Crippen molar-refractivity contribution in [2.24, 2.45) is 0 Å². The van der Waals surface area contributed by atoms with Crippen LogP contribution in [-0.4, -0.2) is 59.2 Å². The lowest BCUT2D eigenvalue weighted by molar-refractivity contribution is -0.141. The van der Waals surface area contributed by atoms with Crippen LogP contribution >= 0.6 is 0 Å². The molecule has 1 aliphatic rings. The minimum absolute atomic E-state index is 0.0167. The van der Waals surface area contributed by atoms with Crippen molar-refractivity contribution in [2.75, 3.05) is 27.1 Å². The molecule has 166 valence electrons. The maximum absolute atomic E-state index is 11.5. The van der Waals surface area contributed by atoms with E-state index in [9.17, 15) is 4.79 Å². The molecular weight excluding hydrogens is 388 g/mol. The Kier molecular flexibility index (Phi) is 9.98. The maximum Gasteiger partial charge on any atom is 0.331 e. The molecular formula is C22H38O6Si. The van der Waals surface area contributed by atoms with Gasteiger partial charge in [-0.2, -0.15) is 0 Å². The lowest BCUT2D eigenvalue weighted by Crippen LogP contribution is -2.53. The summed E-state index contributed by atoms with van der Waals surface area (Å²) in [5, 5.41) is 0.0167. The third-order valence-corrected chi connectivity index (χ3v) is 9.92. The second kappa shape index (κ2) is 11.2. The van der Waals surface area contributed by atoms with Gasteiger partial charge in [0.25, 0.3) is 0 Å². The summed E-state index contributed by atoms with van der Waals surface area (Å²) in [5.41, 5.74) is -0.789. The predicted molar refractivity (Wildman–Crippen MR) is 117 cm³/mol. The largest absolute Gasteiger partial charge is 0.455 e. The highest BCUT2D eigenvalue weighted by molar-refractivity contribution is 6.74. The van der Waals surface area contributed by atoms with Crippen LogP contribution in [0, 0.1) is 0 Å². The lowest BCUT2D eigenvalue weighted by atomic mass is 9.97. The van der Waals surface area contributed by atoms with Crippen LogP contribution in [-0.2, 0) is 28.2 Å². The molecule has 0 saturated heterocycles. The molecule has 6 nitrogen and oxygen atoms in total. The van der Waals surface area contributed by atoms with Crippen LogP contribution in [0.3, 0.4) is 0 Å². The highest BCUT2D eigenvalue weighted by atomic mass is 28.4. The van der Waals surface area contributed by atoms with Crippen molar-refractivity contribution in [3.8, 4) is 0 Å². The first kappa shape index (κ1) is 25.8. The molecule has 3 atom stereocenters. The van der Waals surface area contributed by atoms with Gasteiger partial charge in [-0.1, -0.05) is 39.0 Å². The third kappa shape index (κ3) is 8.18. The Labute approximate surface area is 177 Å². The minimum Gasteiger partial charge on any atom is -0.455 e. The van der Waals surface area contributed by atoms with Gasteiger partial charge in [0.1, 0.15) is 24.6 Å². The van der Waals surface area contributed by atoms with Crippen LogP contribution in [0.25, 0.3) is 0 Å². The van der Waals surface area contributed by atoms with Gasteiger partial charge in [-0.3, -0.25) is 0 Å². The number of cyclic esters (lactones) is 1. The molecule has 1 aliphatic heterocycles. The molecule has 0 spiro atoms. The van der Waals surface area contributed by atoms with Crippen LogP contribution in [0.1, 0.15) is 34.1 Å². The Bertz CT molecular complexity index is 593. The van der Waals surface area contributed by atoms with Crippen molar-refractivity contribution >= 4 is 14.3 Å². The normalized spacial score (nSPS) is 21.1. The maximum atomic E-state index is 11.5. The van der Waals surface area contributed by atoms with Crippen molar-refractivity contribution < 1.29 is 28.2 Å². The van der Waals surface area contributed by atoms with Gasteiger partial charge in [0.05, 0.1) is 13.2 Å². The second-order valence-corrected chi connectivity index (χ2v) is 13.6. The van der Waals surface area contributed by atoms with Crippen LogP contribution in [0.15, 0.2) is 37.0 Å². The summed E-state index contributed by atoms with van der Waals surface area (Å²) in [5.74, 6) is -0.332. The highest BCUT2D eigenvalue weighted by Gasteiger charge is 2.45. The van der Waals surface area contributed by atoms with Crippen LogP contribution in [0.4, 0.5) is 0 Å². The van der Waals surface area contributed by atoms with Crippen LogP contribution < -0.4 is 0 Å². The van der Waals surface area contributed by atoms with Crippen molar-refractivity contribution in [1.82, 2.24) is 0 Å². The number of hydrogen-bond acceptors (Lipinski definition) is 6. The first-order valence-electron chi connectivity index (χ1n) is 10.0. The lowest BCUT2D eigenvalue weighted by Gasteiger charge is -2.45. The van der Waals surface area contributed by atoms with E-state index in [0.717, 1.165) is 0 Å². The Morgan fingerprint density at radius 3 is 2.55 bits per heavy atom. The number of esters is 1. The molecule has 0 aromatic rings. The number of ether oxygens (including phenoxy) is 4. The fourth-order valence-electron chi connectivity index (χ4n) is 2.63. The number of methoxy groups -OCH3 is 1. The molecule has 1 heterocycles. The molecule has 7 heteroatoms. The van der Waals surface area contributed by atoms with Gasteiger partial charge in [0.15, 0.2) is 8.32 Å². The van der Waals surface area contributed by atoms with E-state index in [4.69, 9.17) is 23.4 Å². The molecule has 0 aromatic heterocycles. The van der Waals surface area contributed by atoms with Crippen LogP contribution in [0.5, 0.6) is 0 Å². The van der Waals surface area contributed by atoms with E-state index >= 15 is 0 Å². The van der Waals surface area contributed by atoms with Gasteiger partial charge in [0.2, 0.25) is 0 Å². The van der Waals surface area contributed by atoms with E-state index in [1.165, 1.54) is 6.08 Å². The average Bonchev–Trinajstić information content (AvgIpc) is 2.62. The van der Waals surface area contributed by atoms with Gasteiger partial charge >= 0.3 is 5.97 Å². The Morgan fingerprint density at radius 1 is 1.31 bits per heavy atom. The molecule has 0 aromatic carbocycles. The van der Waals surface area contributed by atoms with Crippen LogP contribution in [0.2, 0.25) is 18.1 Å². The van der Waals surface area contributed by atoms with Crippen molar-refractivity contribution in [3.05, 3.63) is 37.0 Å². The zero-order valence-electron chi connectivity index (χ0n) is 19.0. The first-order chi connectivity index (χ1) is 13.4. The molecule has 0 amide bonds. The Hall–Kier alpha value is -1.25. The summed E-state index contributed by atoms with van der Waals surface area (Å²) in [4.78, 5) is 11.5. The monoisotopic (exact) mass is 426 g/mol. The smallest absolute Gasteiger partial charge is 0.331 e. The zero-order chi connectivity index (χ0) is 22.1. The van der Waals surface area contributed by atoms with Gasteiger partial charge in [-0.25, -0.2) is 4.79 Å². The molecule has 0 unspecified atom stereocenters. The predicted octanol–water partition coefficient (Wildman–Crippen LogP) is 4.39. The number of carbonyl (C=O) groups excluding carboxylic acids is 1. The molecule has 29 heavy (non-hydrogen) atoms. The van der Waals surface area contributed by atoms with Crippen molar-refractivity contribution in [1.29, 1.82) is 0 Å². The van der Waals surface area contributed by atoms with Crippen molar-refractivity contribution in [3.63, 3.8) is 0 Å². The average molecular weight is 427 g/mol. The highest BCUT2D eigenvalue weighted by Crippen LogP contribution is 2.41. The Morgan fingerprint density at radius 2 is 2.00 bits per heavy atom. The van der Waals surface area contributed by atoms with Gasteiger partial charge < -0.3 is 23.4 Å². The minimum atomic E-state index is -2.14. The zero-order valence-corrected chi connectivity index (χ0v) is 20.0. The van der Waals surface area contributed by atoms with E-state index in [1.54, 1.807) is 13.2 Å². The molecule has 0 saturated carbocycles. The summed E-state index contributed by atoms with van der Waals surface area (Å²) >= 11 is 0. The van der Waals surface area contributed by atoms with E-state index in [1.807, 2.05) is 25.2 Å². The summed E-state index contributed by atoms with van der Waals surface area (Å²) < 4.78 is 28.5. The van der Waals surface area contributed by atoms with E-state index in [-0.39, 0.29) is 23.9 Å². The molecule has 0 aliphatic carbocycles. The second-order valence-electron chi connectivity index (χ2n) is 8.86. The van der Waals surface area contributed by atoms with E-state index < -0.39 is 20.0 Å². The van der Waals surface area contributed by atoms with E-state index in [0.29, 0.717) is 19.6 Å².